The van der Waals surface area contributed by atoms with Crippen LogP contribution in [0.15, 0.2) is 35.1 Å². The van der Waals surface area contributed by atoms with E-state index in [-0.39, 0.29) is 17.5 Å². The van der Waals surface area contributed by atoms with Crippen LogP contribution in [0.5, 0.6) is 5.75 Å². The summed E-state index contributed by atoms with van der Waals surface area (Å²) in [5.41, 5.74) is 6.53. The summed E-state index contributed by atoms with van der Waals surface area (Å²) in [7, 11) is 0. The van der Waals surface area contributed by atoms with Crippen LogP contribution in [0.25, 0.3) is 0 Å². The normalized spacial score (nSPS) is 21.0. The molecular formula is C24H29F2N7O2. The average Bonchev–Trinajstić information content (AvgIpc) is 3.52. The molecule has 2 fully saturated rings. The first-order valence-corrected chi connectivity index (χ1v) is 12.0. The number of hydrogen-bond acceptors (Lipinski definition) is 9. The summed E-state index contributed by atoms with van der Waals surface area (Å²) in [4.78, 5) is 17.3. The molecule has 186 valence electrons. The van der Waals surface area contributed by atoms with Crippen molar-refractivity contribution in [3.05, 3.63) is 53.7 Å². The number of aromatic nitrogens is 4. The first-order valence-electron chi connectivity index (χ1n) is 12.0. The van der Waals surface area contributed by atoms with Gasteiger partial charge in [0.05, 0.1) is 19.0 Å². The molecule has 2 N–H and O–H groups in total. The van der Waals surface area contributed by atoms with E-state index in [4.69, 9.17) is 15.0 Å². The highest BCUT2D eigenvalue weighted by Gasteiger charge is 2.34. The lowest BCUT2D eigenvalue weighted by atomic mass is 9.94. The van der Waals surface area contributed by atoms with Crippen molar-refractivity contribution >= 4 is 11.9 Å². The summed E-state index contributed by atoms with van der Waals surface area (Å²) in [5, 5.41) is 4.05. The lowest BCUT2D eigenvalue weighted by Crippen LogP contribution is -2.36. The Labute approximate surface area is 202 Å². The van der Waals surface area contributed by atoms with E-state index < -0.39 is 11.6 Å². The molecule has 2 atom stereocenters. The highest BCUT2D eigenvalue weighted by Crippen LogP contribution is 2.31. The Hall–Kier alpha value is -3.34. The molecule has 2 aliphatic rings. The standard InChI is InChI=1S/C24H29F2N7O2/c1-2-22-30-24(31-35-22)32-7-5-15(6-8-32)14-34-17-10-28-23(29-11-17)33-12-19(21(27)13-33)18-9-16(25)3-4-20(18)26/h3-4,9-11,15,19,21H,2,5-8,12-14,27H2,1H3/t19-,21+/m1/s1. The van der Waals surface area contributed by atoms with Gasteiger partial charge in [0.2, 0.25) is 11.8 Å². The fourth-order valence-electron chi connectivity index (χ4n) is 4.70. The molecule has 0 bridgehead atoms. The van der Waals surface area contributed by atoms with Gasteiger partial charge in [-0.05, 0) is 47.7 Å². The number of rotatable bonds is 7. The molecule has 0 spiro atoms. The van der Waals surface area contributed by atoms with Crippen molar-refractivity contribution in [1.82, 2.24) is 20.1 Å². The van der Waals surface area contributed by atoms with Crippen LogP contribution < -0.4 is 20.3 Å². The van der Waals surface area contributed by atoms with E-state index >= 15 is 0 Å². The maximum atomic E-state index is 14.2. The topological polar surface area (TPSA) is 106 Å². The third kappa shape index (κ3) is 5.19. The Kier molecular flexibility index (Phi) is 6.76. The second-order valence-electron chi connectivity index (χ2n) is 9.14. The summed E-state index contributed by atoms with van der Waals surface area (Å²) < 4.78 is 39.0. The second kappa shape index (κ2) is 10.1. The summed E-state index contributed by atoms with van der Waals surface area (Å²) in [6, 6.07) is 3.12. The van der Waals surface area contributed by atoms with Gasteiger partial charge < -0.3 is 24.8 Å². The zero-order valence-corrected chi connectivity index (χ0v) is 19.6. The molecular weight excluding hydrogens is 456 g/mol. The molecule has 5 rings (SSSR count). The zero-order valence-electron chi connectivity index (χ0n) is 19.6. The Morgan fingerprint density at radius 2 is 1.86 bits per heavy atom. The van der Waals surface area contributed by atoms with Crippen LogP contribution in [0.4, 0.5) is 20.7 Å². The van der Waals surface area contributed by atoms with E-state index in [0.717, 1.165) is 44.5 Å². The molecule has 1 aromatic carbocycles. The summed E-state index contributed by atoms with van der Waals surface area (Å²) in [6.07, 6.45) is 5.96. The summed E-state index contributed by atoms with van der Waals surface area (Å²) in [6.45, 7) is 5.16. The summed E-state index contributed by atoms with van der Waals surface area (Å²) >= 11 is 0. The average molecular weight is 486 g/mol. The van der Waals surface area contributed by atoms with Gasteiger partial charge in [0, 0.05) is 44.6 Å². The Morgan fingerprint density at radius 3 is 2.57 bits per heavy atom. The van der Waals surface area contributed by atoms with Gasteiger partial charge in [0.15, 0.2) is 5.75 Å². The Morgan fingerprint density at radius 1 is 1.09 bits per heavy atom. The van der Waals surface area contributed by atoms with Crippen LogP contribution >= 0.6 is 0 Å². The molecule has 3 aromatic rings. The Balaban J connectivity index is 1.12. The van der Waals surface area contributed by atoms with Gasteiger partial charge in [-0.15, -0.1) is 0 Å². The molecule has 0 unspecified atom stereocenters. The first-order chi connectivity index (χ1) is 17.0. The predicted octanol–water partition coefficient (Wildman–Crippen LogP) is 2.93. The first kappa shape index (κ1) is 23.4. The molecule has 0 amide bonds. The van der Waals surface area contributed by atoms with Crippen molar-refractivity contribution in [2.45, 2.75) is 38.1 Å². The molecule has 0 saturated carbocycles. The van der Waals surface area contributed by atoms with Gasteiger partial charge >= 0.3 is 0 Å². The van der Waals surface area contributed by atoms with E-state index in [9.17, 15) is 8.78 Å². The van der Waals surface area contributed by atoms with Crippen molar-refractivity contribution in [3.8, 4) is 5.75 Å². The predicted molar refractivity (Wildman–Crippen MR) is 125 cm³/mol. The van der Waals surface area contributed by atoms with E-state index in [1.54, 1.807) is 12.4 Å². The van der Waals surface area contributed by atoms with Crippen molar-refractivity contribution < 1.29 is 18.0 Å². The minimum atomic E-state index is -0.476. The monoisotopic (exact) mass is 485 g/mol. The van der Waals surface area contributed by atoms with Gasteiger partial charge in [0.1, 0.15) is 11.6 Å². The number of nitrogens with two attached hydrogens (primary N) is 1. The van der Waals surface area contributed by atoms with Crippen molar-refractivity contribution in [2.75, 3.05) is 42.6 Å². The minimum absolute atomic E-state index is 0.288. The lowest BCUT2D eigenvalue weighted by molar-refractivity contribution is 0.221. The molecule has 11 heteroatoms. The SMILES string of the molecule is CCc1nc(N2CCC(COc3cnc(N4C[C@H](c5cc(F)ccc5F)[C@@H](N)C4)nc3)CC2)no1. The van der Waals surface area contributed by atoms with Crippen LogP contribution in [0.2, 0.25) is 0 Å². The van der Waals surface area contributed by atoms with E-state index in [1.165, 1.54) is 6.07 Å². The quantitative estimate of drug-likeness (QED) is 0.541. The van der Waals surface area contributed by atoms with Crippen molar-refractivity contribution in [1.29, 1.82) is 0 Å². The number of ether oxygens (including phenoxy) is 1. The molecule has 2 saturated heterocycles. The third-order valence-electron chi connectivity index (χ3n) is 6.76. The summed E-state index contributed by atoms with van der Waals surface area (Å²) in [5.74, 6) is 1.56. The van der Waals surface area contributed by atoms with E-state index in [0.29, 0.717) is 49.2 Å². The van der Waals surface area contributed by atoms with Crippen molar-refractivity contribution in [3.63, 3.8) is 0 Å². The van der Waals surface area contributed by atoms with Crippen molar-refractivity contribution in [2.24, 2.45) is 11.7 Å². The number of benzene rings is 1. The van der Waals surface area contributed by atoms with Crippen LogP contribution in [0.3, 0.4) is 0 Å². The van der Waals surface area contributed by atoms with E-state index in [2.05, 4.69) is 25.0 Å². The molecule has 2 aliphatic heterocycles. The van der Waals surface area contributed by atoms with E-state index in [1.807, 2.05) is 11.8 Å². The van der Waals surface area contributed by atoms with Crippen LogP contribution in [0, 0.1) is 17.6 Å². The van der Waals surface area contributed by atoms with Gasteiger partial charge in [-0.1, -0.05) is 6.92 Å². The second-order valence-corrected chi connectivity index (χ2v) is 9.14. The molecule has 4 heterocycles. The van der Waals surface area contributed by atoms with Crippen LogP contribution in [0.1, 0.15) is 37.1 Å². The fourth-order valence-corrected chi connectivity index (χ4v) is 4.70. The minimum Gasteiger partial charge on any atom is -0.490 e. The number of nitrogens with zero attached hydrogens (tertiary/aromatic N) is 6. The Bertz CT molecular complexity index is 1140. The fraction of sp³-hybridized carbons (Fsp3) is 0.500. The third-order valence-corrected chi connectivity index (χ3v) is 6.76. The zero-order chi connectivity index (χ0) is 24.4. The number of anilines is 2. The maximum absolute atomic E-state index is 14.2. The van der Waals surface area contributed by atoms with Gasteiger partial charge in [0.25, 0.3) is 5.95 Å². The molecule has 0 aliphatic carbocycles. The van der Waals surface area contributed by atoms with Gasteiger partial charge in [-0.25, -0.2) is 18.7 Å². The molecule has 9 nitrogen and oxygen atoms in total. The highest BCUT2D eigenvalue weighted by molar-refractivity contribution is 5.39. The number of piperidine rings is 1. The number of halogens is 2. The number of aryl methyl sites for hydroxylation is 1. The van der Waals surface area contributed by atoms with Crippen LogP contribution in [-0.2, 0) is 6.42 Å². The largest absolute Gasteiger partial charge is 0.490 e. The molecule has 2 aromatic heterocycles. The van der Waals surface area contributed by atoms with Gasteiger partial charge in [-0.2, -0.15) is 4.98 Å². The molecule has 35 heavy (non-hydrogen) atoms. The maximum Gasteiger partial charge on any atom is 0.266 e. The number of hydrogen-bond donors (Lipinski definition) is 1. The smallest absolute Gasteiger partial charge is 0.266 e. The van der Waals surface area contributed by atoms with Crippen LogP contribution in [-0.4, -0.2) is 58.9 Å². The highest BCUT2D eigenvalue weighted by atomic mass is 19.1. The lowest BCUT2D eigenvalue weighted by Gasteiger charge is -2.30. The molecule has 0 radical (unpaired) electrons. The van der Waals surface area contributed by atoms with Gasteiger partial charge in [-0.3, -0.25) is 0 Å².